The molecule has 1 aliphatic heterocycles. The summed E-state index contributed by atoms with van der Waals surface area (Å²) in [6.45, 7) is 1.40. The van der Waals surface area contributed by atoms with Crippen LogP contribution in [-0.4, -0.2) is 42.5 Å². The number of thiophene rings is 1. The van der Waals surface area contributed by atoms with Crippen LogP contribution in [0.3, 0.4) is 0 Å². The van der Waals surface area contributed by atoms with Crippen LogP contribution in [0.1, 0.15) is 16.6 Å². The average molecular weight is 455 g/mol. The molecule has 10 nitrogen and oxygen atoms in total. The fourth-order valence-electron chi connectivity index (χ4n) is 3.25. The number of nitrogens with zero attached hydrogens (tertiary/aromatic N) is 2. The number of hydrogen-bond donors (Lipinski definition) is 1. The SMILES string of the molecule is CCOC(=O)c1cc2cc(NC(=O)CN3C(=O)COc4ccc([N+](=O)[O-])cc43)ccc2s1. The van der Waals surface area contributed by atoms with Gasteiger partial charge in [-0.05, 0) is 42.6 Å². The number of benzene rings is 2. The largest absolute Gasteiger partial charge is 0.482 e. The van der Waals surface area contributed by atoms with Crippen molar-refractivity contribution in [3.8, 4) is 5.75 Å². The molecule has 0 aliphatic carbocycles. The summed E-state index contributed by atoms with van der Waals surface area (Å²) in [6, 6.07) is 10.7. The van der Waals surface area contributed by atoms with Crippen LogP contribution in [0.5, 0.6) is 5.75 Å². The number of carbonyl (C=O) groups is 3. The molecule has 164 valence electrons. The molecular weight excluding hydrogens is 438 g/mol. The van der Waals surface area contributed by atoms with Gasteiger partial charge in [-0.3, -0.25) is 24.6 Å². The molecule has 1 aromatic heterocycles. The predicted octanol–water partition coefficient (Wildman–Crippen LogP) is 3.35. The summed E-state index contributed by atoms with van der Waals surface area (Å²) < 4.78 is 11.2. The first-order valence-corrected chi connectivity index (χ1v) is 10.4. The summed E-state index contributed by atoms with van der Waals surface area (Å²) in [4.78, 5) is 49.0. The minimum Gasteiger partial charge on any atom is -0.482 e. The quantitative estimate of drug-likeness (QED) is 0.343. The standard InChI is InChI=1S/C21H17N3O7S/c1-2-30-21(27)18-8-12-7-13(3-6-17(12)32-18)22-19(25)10-23-15-9-14(24(28)29)4-5-16(15)31-11-20(23)26/h3-9H,2,10-11H2,1H3,(H,22,25). The van der Waals surface area contributed by atoms with E-state index < -0.39 is 22.7 Å². The van der Waals surface area contributed by atoms with Gasteiger partial charge in [-0.25, -0.2) is 4.79 Å². The zero-order valence-electron chi connectivity index (χ0n) is 16.8. The normalized spacial score (nSPS) is 12.8. The monoisotopic (exact) mass is 455 g/mol. The van der Waals surface area contributed by atoms with E-state index in [4.69, 9.17) is 9.47 Å². The zero-order valence-corrected chi connectivity index (χ0v) is 17.6. The second kappa shape index (κ2) is 8.63. The molecule has 4 rings (SSSR count). The van der Waals surface area contributed by atoms with E-state index in [1.165, 1.54) is 29.5 Å². The molecule has 0 saturated heterocycles. The summed E-state index contributed by atoms with van der Waals surface area (Å²) in [5.74, 6) is -1.09. The molecule has 2 heterocycles. The second-order valence-corrected chi connectivity index (χ2v) is 7.89. The van der Waals surface area contributed by atoms with E-state index in [1.54, 1.807) is 31.2 Å². The van der Waals surface area contributed by atoms with Crippen molar-refractivity contribution in [2.75, 3.05) is 30.0 Å². The maximum atomic E-state index is 12.6. The lowest BCUT2D eigenvalue weighted by Crippen LogP contribution is -2.43. The summed E-state index contributed by atoms with van der Waals surface area (Å²) >= 11 is 1.29. The predicted molar refractivity (Wildman–Crippen MR) is 117 cm³/mol. The van der Waals surface area contributed by atoms with E-state index in [0.717, 1.165) is 15.0 Å². The number of nitro benzene ring substituents is 1. The minimum atomic E-state index is -0.585. The molecule has 2 aromatic carbocycles. The van der Waals surface area contributed by atoms with Crippen LogP contribution in [0.25, 0.3) is 10.1 Å². The third-order valence-electron chi connectivity index (χ3n) is 4.67. The van der Waals surface area contributed by atoms with Gasteiger partial charge >= 0.3 is 5.97 Å². The Balaban J connectivity index is 1.52. The number of ether oxygens (including phenoxy) is 2. The van der Waals surface area contributed by atoms with E-state index in [0.29, 0.717) is 10.6 Å². The van der Waals surface area contributed by atoms with Crippen molar-refractivity contribution in [1.82, 2.24) is 0 Å². The molecule has 0 saturated carbocycles. The molecule has 11 heteroatoms. The third-order valence-corrected chi connectivity index (χ3v) is 5.77. The van der Waals surface area contributed by atoms with Crippen molar-refractivity contribution in [2.45, 2.75) is 6.92 Å². The number of non-ortho nitro benzene ring substituents is 1. The Morgan fingerprint density at radius 2 is 2.06 bits per heavy atom. The number of hydrogen-bond acceptors (Lipinski definition) is 8. The highest BCUT2D eigenvalue weighted by Gasteiger charge is 2.29. The number of nitro groups is 1. The van der Waals surface area contributed by atoms with Gasteiger partial charge in [-0.15, -0.1) is 11.3 Å². The van der Waals surface area contributed by atoms with E-state index >= 15 is 0 Å². The fraction of sp³-hybridized carbons (Fsp3) is 0.190. The van der Waals surface area contributed by atoms with Crippen LogP contribution in [-0.2, 0) is 14.3 Å². The molecule has 1 N–H and O–H groups in total. The maximum Gasteiger partial charge on any atom is 0.348 e. The van der Waals surface area contributed by atoms with Crippen LogP contribution in [0.15, 0.2) is 42.5 Å². The van der Waals surface area contributed by atoms with Gasteiger partial charge in [0, 0.05) is 22.5 Å². The molecule has 0 radical (unpaired) electrons. The van der Waals surface area contributed by atoms with Crippen molar-refractivity contribution in [2.24, 2.45) is 0 Å². The second-order valence-electron chi connectivity index (χ2n) is 6.81. The van der Waals surface area contributed by atoms with E-state index in [2.05, 4.69) is 5.32 Å². The van der Waals surface area contributed by atoms with Gasteiger partial charge in [-0.1, -0.05) is 0 Å². The molecule has 0 spiro atoms. The summed E-state index contributed by atoms with van der Waals surface area (Å²) in [7, 11) is 0. The molecule has 2 amide bonds. The molecule has 0 atom stereocenters. The Labute approximate surface area is 185 Å². The Kier molecular flexibility index (Phi) is 5.73. The first-order valence-electron chi connectivity index (χ1n) is 9.58. The van der Waals surface area contributed by atoms with Crippen LogP contribution >= 0.6 is 11.3 Å². The third kappa shape index (κ3) is 4.23. The zero-order chi connectivity index (χ0) is 22.8. The summed E-state index contributed by atoms with van der Waals surface area (Å²) in [6.07, 6.45) is 0. The molecule has 0 bridgehead atoms. The van der Waals surface area contributed by atoms with Gasteiger partial charge in [0.25, 0.3) is 11.6 Å². The Bertz CT molecular complexity index is 1250. The van der Waals surface area contributed by atoms with Gasteiger partial charge in [0.15, 0.2) is 6.61 Å². The van der Waals surface area contributed by atoms with Crippen molar-refractivity contribution in [1.29, 1.82) is 0 Å². The number of nitrogens with one attached hydrogen (secondary N) is 1. The van der Waals surface area contributed by atoms with E-state index in [9.17, 15) is 24.5 Å². The van der Waals surface area contributed by atoms with Crippen LogP contribution in [0.4, 0.5) is 17.1 Å². The number of rotatable bonds is 6. The van der Waals surface area contributed by atoms with E-state index in [1.807, 2.05) is 0 Å². The lowest BCUT2D eigenvalue weighted by Gasteiger charge is -2.28. The molecule has 0 unspecified atom stereocenters. The lowest BCUT2D eigenvalue weighted by molar-refractivity contribution is -0.384. The number of esters is 1. The highest BCUT2D eigenvalue weighted by Crippen LogP contribution is 2.35. The van der Waals surface area contributed by atoms with Crippen molar-refractivity contribution >= 4 is 56.3 Å². The number of fused-ring (bicyclic) bond motifs is 2. The molecular formula is C21H17N3O7S. The summed E-state index contributed by atoms with van der Waals surface area (Å²) in [5, 5.41) is 14.6. The van der Waals surface area contributed by atoms with Crippen molar-refractivity contribution in [3.63, 3.8) is 0 Å². The van der Waals surface area contributed by atoms with Gasteiger partial charge in [-0.2, -0.15) is 0 Å². The van der Waals surface area contributed by atoms with Gasteiger partial charge < -0.3 is 14.8 Å². The first-order chi connectivity index (χ1) is 15.4. The molecule has 3 aromatic rings. The van der Waals surface area contributed by atoms with E-state index in [-0.39, 0.29) is 36.9 Å². The van der Waals surface area contributed by atoms with Crippen molar-refractivity contribution in [3.05, 3.63) is 57.5 Å². The van der Waals surface area contributed by atoms with Gasteiger partial charge in [0.2, 0.25) is 5.91 Å². The minimum absolute atomic E-state index is 0.165. The molecule has 1 aliphatic rings. The number of amides is 2. The Morgan fingerprint density at radius 1 is 1.25 bits per heavy atom. The maximum absolute atomic E-state index is 12.6. The fourth-order valence-corrected chi connectivity index (χ4v) is 4.18. The topological polar surface area (TPSA) is 128 Å². The highest BCUT2D eigenvalue weighted by atomic mass is 32.1. The molecule has 32 heavy (non-hydrogen) atoms. The molecule has 0 fully saturated rings. The summed E-state index contributed by atoms with van der Waals surface area (Å²) in [5.41, 5.74) is 0.432. The van der Waals surface area contributed by atoms with Gasteiger partial charge in [0.05, 0.1) is 17.2 Å². The number of anilines is 2. The van der Waals surface area contributed by atoms with Crippen LogP contribution in [0.2, 0.25) is 0 Å². The van der Waals surface area contributed by atoms with Crippen LogP contribution in [0, 0.1) is 10.1 Å². The van der Waals surface area contributed by atoms with Gasteiger partial charge in [0.1, 0.15) is 17.2 Å². The van der Waals surface area contributed by atoms with Crippen molar-refractivity contribution < 1.29 is 28.8 Å². The van der Waals surface area contributed by atoms with Crippen LogP contribution < -0.4 is 15.0 Å². The lowest BCUT2D eigenvalue weighted by atomic mass is 10.2. The Morgan fingerprint density at radius 3 is 2.81 bits per heavy atom. The average Bonchev–Trinajstić information content (AvgIpc) is 3.19. The first kappa shape index (κ1) is 21.2. The number of carbonyl (C=O) groups excluding carboxylic acids is 3. The Hall–Kier alpha value is -3.99. The highest BCUT2D eigenvalue weighted by molar-refractivity contribution is 7.20. The smallest absolute Gasteiger partial charge is 0.348 e.